The van der Waals surface area contributed by atoms with Gasteiger partial charge in [-0.25, -0.2) is 14.6 Å². The van der Waals surface area contributed by atoms with Crippen molar-refractivity contribution in [2.24, 2.45) is 4.99 Å². The molecule has 13 heteroatoms. The van der Waals surface area contributed by atoms with E-state index >= 15 is 0 Å². The summed E-state index contributed by atoms with van der Waals surface area (Å²) in [4.78, 5) is 40.1. The molecule has 0 aliphatic carbocycles. The molecule has 0 saturated heterocycles. The van der Waals surface area contributed by atoms with Crippen LogP contribution in [0.4, 0.5) is 5.69 Å². The number of nitro benzene ring substituents is 1. The molecule has 0 fully saturated rings. The van der Waals surface area contributed by atoms with Crippen LogP contribution in [0.3, 0.4) is 0 Å². The topological polar surface area (TPSA) is 153 Å². The van der Waals surface area contributed by atoms with Crippen molar-refractivity contribution in [3.8, 4) is 0 Å². The molecule has 0 saturated carbocycles. The fourth-order valence-electron chi connectivity index (χ4n) is 2.55. The fraction of sp³-hybridized carbons (Fsp3) is 0.389. The van der Waals surface area contributed by atoms with Gasteiger partial charge in [0.25, 0.3) is 5.69 Å². The van der Waals surface area contributed by atoms with Crippen LogP contribution in [0.2, 0.25) is 0 Å². The summed E-state index contributed by atoms with van der Waals surface area (Å²) < 4.78 is 38.0. The molecule has 0 spiro atoms. The number of nitro groups is 1. The summed E-state index contributed by atoms with van der Waals surface area (Å²) >= 11 is 0. The van der Waals surface area contributed by atoms with Gasteiger partial charge >= 0.3 is 25.1 Å². The van der Waals surface area contributed by atoms with Crippen molar-refractivity contribution >= 4 is 31.1 Å². The number of carbonyl (C=O) groups is 2. The van der Waals surface area contributed by atoms with Gasteiger partial charge in [0.15, 0.2) is 5.76 Å². The first-order chi connectivity index (χ1) is 14.7. The minimum absolute atomic E-state index is 0.0954. The summed E-state index contributed by atoms with van der Waals surface area (Å²) in [7, 11) is -1.73. The third-order valence-corrected chi connectivity index (χ3v) is 5.65. The standard InChI is InChI=1S/C18H21N2O10P/c1-5-28-16(21)18(17(22)29-6-2)14(11-31(25,26-3)27-4)30-15(19-18)12-7-9-13(10-8-12)20(23)24/h7-11H,5-6H2,1-4H3. The predicted octanol–water partition coefficient (Wildman–Crippen LogP) is 2.56. The number of hydrogen-bond donors (Lipinski definition) is 0. The maximum atomic E-state index is 12.9. The first-order valence-corrected chi connectivity index (χ1v) is 10.6. The molecular weight excluding hydrogens is 435 g/mol. The maximum absolute atomic E-state index is 12.9. The van der Waals surface area contributed by atoms with E-state index in [1.165, 1.54) is 38.1 Å². The Bertz CT molecular complexity index is 944. The Morgan fingerprint density at radius 3 is 2.06 bits per heavy atom. The van der Waals surface area contributed by atoms with Crippen molar-refractivity contribution in [1.29, 1.82) is 0 Å². The molecule has 1 aliphatic rings. The Balaban J connectivity index is 2.71. The number of nitrogens with zero attached hydrogens (tertiary/aromatic N) is 2. The Labute approximate surface area is 177 Å². The molecule has 168 valence electrons. The van der Waals surface area contributed by atoms with Gasteiger partial charge in [0.05, 0.1) is 24.0 Å². The van der Waals surface area contributed by atoms with E-state index in [1.807, 2.05) is 0 Å². The van der Waals surface area contributed by atoms with Gasteiger partial charge in [-0.3, -0.25) is 14.7 Å². The number of hydrogen-bond acceptors (Lipinski definition) is 11. The summed E-state index contributed by atoms with van der Waals surface area (Å²) in [6, 6.07) is 5.00. The quantitative estimate of drug-likeness (QED) is 0.178. The van der Waals surface area contributed by atoms with E-state index in [1.54, 1.807) is 0 Å². The lowest BCUT2D eigenvalue weighted by molar-refractivity contribution is -0.384. The minimum atomic E-state index is -3.93. The lowest BCUT2D eigenvalue weighted by Crippen LogP contribution is -2.47. The molecule has 0 radical (unpaired) electrons. The third-order valence-electron chi connectivity index (χ3n) is 4.08. The van der Waals surface area contributed by atoms with E-state index in [0.29, 0.717) is 0 Å². The Hall–Kier alpha value is -3.08. The van der Waals surface area contributed by atoms with Crippen molar-refractivity contribution in [3.63, 3.8) is 0 Å². The van der Waals surface area contributed by atoms with Gasteiger partial charge in [-0.05, 0) is 26.0 Å². The number of aliphatic imine (C=N–C) groups is 1. The second kappa shape index (κ2) is 9.82. The number of carbonyl (C=O) groups excluding carboxylic acids is 2. The largest absolute Gasteiger partial charge is 0.463 e. The summed E-state index contributed by atoms with van der Waals surface area (Å²) in [5, 5.41) is 10.9. The van der Waals surface area contributed by atoms with Crippen LogP contribution >= 0.6 is 7.60 Å². The maximum Gasteiger partial charge on any atom is 0.357 e. The summed E-state index contributed by atoms with van der Waals surface area (Å²) in [5.41, 5.74) is -2.45. The van der Waals surface area contributed by atoms with E-state index in [9.17, 15) is 24.3 Å². The van der Waals surface area contributed by atoms with Crippen LogP contribution in [0.15, 0.2) is 40.8 Å². The lowest BCUT2D eigenvalue weighted by atomic mass is 9.99. The van der Waals surface area contributed by atoms with Gasteiger partial charge < -0.3 is 23.3 Å². The molecule has 31 heavy (non-hydrogen) atoms. The van der Waals surface area contributed by atoms with Crippen LogP contribution in [0, 0.1) is 10.1 Å². The molecular formula is C18H21N2O10P. The highest BCUT2D eigenvalue weighted by Gasteiger charge is 2.59. The van der Waals surface area contributed by atoms with Crippen molar-refractivity contribution in [2.45, 2.75) is 19.4 Å². The highest BCUT2D eigenvalue weighted by atomic mass is 31.2. The molecule has 0 N–H and O–H groups in total. The molecule has 0 atom stereocenters. The zero-order valence-electron chi connectivity index (χ0n) is 17.2. The average molecular weight is 456 g/mol. The van der Waals surface area contributed by atoms with Crippen LogP contribution in [0.5, 0.6) is 0 Å². The monoisotopic (exact) mass is 456 g/mol. The van der Waals surface area contributed by atoms with Gasteiger partial charge in [-0.15, -0.1) is 0 Å². The van der Waals surface area contributed by atoms with Gasteiger partial charge in [-0.1, -0.05) is 0 Å². The first kappa shape index (κ1) is 24.2. The van der Waals surface area contributed by atoms with E-state index in [2.05, 4.69) is 4.99 Å². The van der Waals surface area contributed by atoms with E-state index in [4.69, 9.17) is 23.3 Å². The van der Waals surface area contributed by atoms with Crippen LogP contribution in [-0.2, 0) is 37.4 Å². The smallest absolute Gasteiger partial charge is 0.357 e. The molecule has 0 bridgehead atoms. The first-order valence-electron chi connectivity index (χ1n) is 8.98. The number of ether oxygens (including phenoxy) is 3. The molecule has 1 aliphatic heterocycles. The van der Waals surface area contributed by atoms with Gasteiger partial charge in [0.1, 0.15) is 0 Å². The zero-order valence-corrected chi connectivity index (χ0v) is 18.1. The highest BCUT2D eigenvalue weighted by Crippen LogP contribution is 2.51. The predicted molar refractivity (Wildman–Crippen MR) is 106 cm³/mol. The van der Waals surface area contributed by atoms with Gasteiger partial charge in [-0.2, -0.15) is 0 Å². The van der Waals surface area contributed by atoms with Crippen LogP contribution in [-0.4, -0.2) is 55.7 Å². The second-order valence-corrected chi connectivity index (χ2v) is 7.94. The molecule has 0 aromatic heterocycles. The Morgan fingerprint density at radius 2 is 1.65 bits per heavy atom. The van der Waals surface area contributed by atoms with Crippen molar-refractivity contribution in [1.82, 2.24) is 0 Å². The van der Waals surface area contributed by atoms with Crippen LogP contribution < -0.4 is 0 Å². The van der Waals surface area contributed by atoms with Crippen LogP contribution in [0.25, 0.3) is 0 Å². The third kappa shape index (κ3) is 4.82. The lowest BCUT2D eigenvalue weighted by Gasteiger charge is -2.22. The molecule has 12 nitrogen and oxygen atoms in total. The average Bonchev–Trinajstić information content (AvgIpc) is 3.14. The Kier molecular flexibility index (Phi) is 7.66. The SMILES string of the molecule is CCOC(=O)C1(C(=O)OCC)N=C(c2ccc([N+](=O)[O-])cc2)OC1=CP(=O)(OC)OC. The molecule has 0 amide bonds. The molecule has 1 aromatic rings. The summed E-state index contributed by atoms with van der Waals surface area (Å²) in [5.74, 6) is -2.17. The number of benzene rings is 1. The molecule has 1 aromatic carbocycles. The molecule has 1 heterocycles. The normalized spacial score (nSPS) is 16.4. The van der Waals surface area contributed by atoms with Gasteiger partial charge in [0, 0.05) is 31.9 Å². The fourth-order valence-corrected chi connectivity index (χ4v) is 3.43. The highest BCUT2D eigenvalue weighted by molar-refractivity contribution is 7.57. The number of rotatable bonds is 9. The summed E-state index contributed by atoms with van der Waals surface area (Å²) in [6.07, 6.45) is 0. The van der Waals surface area contributed by atoms with E-state index < -0.39 is 35.8 Å². The van der Waals surface area contributed by atoms with Crippen molar-refractivity contribution in [3.05, 3.63) is 51.5 Å². The van der Waals surface area contributed by atoms with E-state index in [0.717, 1.165) is 20.0 Å². The molecule has 2 rings (SSSR count). The number of esters is 2. The summed E-state index contributed by atoms with van der Waals surface area (Å²) in [6.45, 7) is 2.85. The second-order valence-electron chi connectivity index (χ2n) is 5.87. The van der Waals surface area contributed by atoms with Crippen molar-refractivity contribution < 1.29 is 42.3 Å². The van der Waals surface area contributed by atoms with E-state index in [-0.39, 0.29) is 30.4 Å². The zero-order chi connectivity index (χ0) is 23.2. The Morgan fingerprint density at radius 1 is 1.13 bits per heavy atom. The van der Waals surface area contributed by atoms with Crippen LogP contribution in [0.1, 0.15) is 19.4 Å². The van der Waals surface area contributed by atoms with Crippen molar-refractivity contribution in [2.75, 3.05) is 27.4 Å². The number of non-ortho nitro benzene ring substituents is 1. The molecule has 0 unspecified atom stereocenters. The minimum Gasteiger partial charge on any atom is -0.463 e. The van der Waals surface area contributed by atoms with Gasteiger partial charge in [0.2, 0.25) is 5.90 Å².